The van der Waals surface area contributed by atoms with Crippen LogP contribution >= 0.6 is 0 Å². The summed E-state index contributed by atoms with van der Waals surface area (Å²) in [5.41, 5.74) is 11.3. The second-order valence-electron chi connectivity index (χ2n) is 13.0. The molecule has 0 heterocycles. The number of fused-ring (bicyclic) bond motifs is 8. The lowest BCUT2D eigenvalue weighted by Gasteiger charge is -2.28. The van der Waals surface area contributed by atoms with Crippen molar-refractivity contribution in [3.8, 4) is 22.3 Å². The van der Waals surface area contributed by atoms with Gasteiger partial charge in [-0.05, 0) is 102 Å². The van der Waals surface area contributed by atoms with E-state index >= 15 is 0 Å². The highest BCUT2D eigenvalue weighted by Crippen LogP contribution is 2.50. The summed E-state index contributed by atoms with van der Waals surface area (Å²) in [5.74, 6) is 0. The Morgan fingerprint density at radius 3 is 1.83 bits per heavy atom. The van der Waals surface area contributed by atoms with Crippen LogP contribution in [-0.4, -0.2) is 0 Å². The molecule has 8 aromatic carbocycles. The average Bonchev–Trinajstić information content (AvgIpc) is 3.34. The van der Waals surface area contributed by atoms with E-state index in [9.17, 15) is 0 Å². The Balaban J connectivity index is 1.23. The molecule has 9 rings (SSSR count). The predicted molar refractivity (Wildman–Crippen MR) is 197 cm³/mol. The summed E-state index contributed by atoms with van der Waals surface area (Å²) in [5, 5.41) is 7.68. The third kappa shape index (κ3) is 4.09. The van der Waals surface area contributed by atoms with Crippen molar-refractivity contribution in [3.63, 3.8) is 0 Å². The summed E-state index contributed by atoms with van der Waals surface area (Å²) in [4.78, 5) is 2.42. The third-order valence-electron chi connectivity index (χ3n) is 10.0. The maximum Gasteiger partial charge on any atom is 0.0468 e. The molecule has 218 valence electrons. The molecule has 1 nitrogen and oxygen atoms in total. The van der Waals surface area contributed by atoms with Gasteiger partial charge < -0.3 is 4.90 Å². The number of hydrogen-bond donors (Lipinski definition) is 0. The van der Waals surface area contributed by atoms with E-state index < -0.39 is 0 Å². The highest BCUT2D eigenvalue weighted by atomic mass is 15.1. The van der Waals surface area contributed by atoms with E-state index in [2.05, 4.69) is 183 Å². The van der Waals surface area contributed by atoms with Crippen molar-refractivity contribution in [2.45, 2.75) is 19.3 Å². The molecule has 1 aliphatic rings. The normalized spacial score (nSPS) is 13.2. The van der Waals surface area contributed by atoms with Gasteiger partial charge in [0.2, 0.25) is 0 Å². The van der Waals surface area contributed by atoms with Gasteiger partial charge in [0, 0.05) is 22.5 Å². The maximum absolute atomic E-state index is 2.42. The van der Waals surface area contributed by atoms with Crippen LogP contribution in [0.5, 0.6) is 0 Å². The summed E-state index contributed by atoms with van der Waals surface area (Å²) in [7, 11) is 0. The quantitative estimate of drug-likeness (QED) is 0.185. The first-order valence-electron chi connectivity index (χ1n) is 16.1. The van der Waals surface area contributed by atoms with Crippen LogP contribution < -0.4 is 4.90 Å². The molecule has 0 aliphatic heterocycles. The van der Waals surface area contributed by atoms with Crippen LogP contribution in [0, 0.1) is 0 Å². The van der Waals surface area contributed by atoms with E-state index in [1.54, 1.807) is 0 Å². The standard InChI is InChI=1S/C45H33N/c1-45(2)42-15-9-8-14-40(42)41-27-25-37(29-43(41)45)46(35-22-20-31(21-23-35)30-10-4-3-5-11-30)36-24-26-39-34(28-36)19-18-33-17-16-32-12-6-7-13-38(32)44(33)39/h3-29H,1-2H3. The molecule has 0 unspecified atom stereocenters. The SMILES string of the molecule is CC1(C)c2ccccc2-c2ccc(N(c3ccc(-c4ccccc4)cc3)c3ccc4c(ccc5ccc6ccccc6c54)c3)cc21. The molecule has 0 saturated carbocycles. The van der Waals surface area contributed by atoms with Gasteiger partial charge in [-0.3, -0.25) is 0 Å². The molecule has 46 heavy (non-hydrogen) atoms. The zero-order chi connectivity index (χ0) is 30.8. The lowest BCUT2D eigenvalue weighted by Crippen LogP contribution is -2.16. The van der Waals surface area contributed by atoms with Gasteiger partial charge in [0.05, 0.1) is 0 Å². The molecule has 0 radical (unpaired) electrons. The van der Waals surface area contributed by atoms with Crippen LogP contribution in [0.1, 0.15) is 25.0 Å². The molecular formula is C45H33N. The van der Waals surface area contributed by atoms with E-state index in [-0.39, 0.29) is 5.41 Å². The first kappa shape index (κ1) is 26.7. The van der Waals surface area contributed by atoms with Gasteiger partial charge in [0.1, 0.15) is 0 Å². The molecule has 0 aromatic heterocycles. The molecule has 1 aliphatic carbocycles. The fourth-order valence-corrected chi connectivity index (χ4v) is 7.67. The lowest BCUT2D eigenvalue weighted by molar-refractivity contribution is 0.660. The van der Waals surface area contributed by atoms with Crippen molar-refractivity contribution in [3.05, 3.63) is 175 Å². The Kier molecular flexibility index (Phi) is 5.92. The van der Waals surface area contributed by atoms with Crippen molar-refractivity contribution >= 4 is 49.4 Å². The predicted octanol–water partition coefficient (Wildman–Crippen LogP) is 12.6. The topological polar surface area (TPSA) is 3.24 Å². The number of nitrogens with zero attached hydrogens (tertiary/aromatic N) is 1. The number of benzene rings is 8. The second kappa shape index (κ2) is 10.2. The summed E-state index contributed by atoms with van der Waals surface area (Å²) in [6.45, 7) is 4.71. The largest absolute Gasteiger partial charge is 0.310 e. The second-order valence-corrected chi connectivity index (χ2v) is 13.0. The molecule has 0 atom stereocenters. The Morgan fingerprint density at radius 2 is 0.978 bits per heavy atom. The molecular weight excluding hydrogens is 555 g/mol. The Hall–Kier alpha value is -5.66. The van der Waals surface area contributed by atoms with E-state index in [4.69, 9.17) is 0 Å². The highest BCUT2D eigenvalue weighted by Gasteiger charge is 2.35. The summed E-state index contributed by atoms with van der Waals surface area (Å²) in [6, 6.07) is 60.2. The minimum Gasteiger partial charge on any atom is -0.310 e. The van der Waals surface area contributed by atoms with E-state index in [0.29, 0.717) is 0 Å². The van der Waals surface area contributed by atoms with Crippen LogP contribution in [0.3, 0.4) is 0 Å². The molecule has 0 fully saturated rings. The van der Waals surface area contributed by atoms with Crippen LogP contribution in [0.25, 0.3) is 54.6 Å². The lowest BCUT2D eigenvalue weighted by atomic mass is 9.82. The molecule has 0 saturated heterocycles. The van der Waals surface area contributed by atoms with Crippen LogP contribution in [0.4, 0.5) is 17.1 Å². The fraction of sp³-hybridized carbons (Fsp3) is 0.0667. The molecule has 0 bridgehead atoms. The molecule has 1 heteroatoms. The van der Waals surface area contributed by atoms with Gasteiger partial charge in [-0.25, -0.2) is 0 Å². The van der Waals surface area contributed by atoms with Crippen LogP contribution in [-0.2, 0) is 5.41 Å². The monoisotopic (exact) mass is 587 g/mol. The molecule has 0 N–H and O–H groups in total. The maximum atomic E-state index is 2.42. The van der Waals surface area contributed by atoms with Crippen molar-refractivity contribution in [1.29, 1.82) is 0 Å². The Bertz CT molecular complexity index is 2430. The van der Waals surface area contributed by atoms with Gasteiger partial charge in [0.15, 0.2) is 0 Å². The molecule has 0 amide bonds. The van der Waals surface area contributed by atoms with Crippen molar-refractivity contribution in [1.82, 2.24) is 0 Å². The average molecular weight is 588 g/mol. The van der Waals surface area contributed by atoms with Crippen molar-refractivity contribution in [2.75, 3.05) is 4.90 Å². The molecule has 8 aromatic rings. The zero-order valence-electron chi connectivity index (χ0n) is 26.0. The van der Waals surface area contributed by atoms with Gasteiger partial charge in [-0.1, -0.05) is 141 Å². The van der Waals surface area contributed by atoms with Gasteiger partial charge >= 0.3 is 0 Å². The smallest absolute Gasteiger partial charge is 0.0468 e. The van der Waals surface area contributed by atoms with E-state index in [1.165, 1.54) is 65.7 Å². The highest BCUT2D eigenvalue weighted by molar-refractivity contribution is 6.20. The Morgan fingerprint density at radius 1 is 0.391 bits per heavy atom. The number of anilines is 3. The third-order valence-corrected chi connectivity index (χ3v) is 10.0. The summed E-state index contributed by atoms with van der Waals surface area (Å²) in [6.07, 6.45) is 0. The summed E-state index contributed by atoms with van der Waals surface area (Å²) < 4.78 is 0. The number of rotatable bonds is 4. The Labute approximate surface area is 270 Å². The number of hydrogen-bond acceptors (Lipinski definition) is 1. The van der Waals surface area contributed by atoms with E-state index in [1.807, 2.05) is 0 Å². The van der Waals surface area contributed by atoms with Gasteiger partial charge in [-0.15, -0.1) is 0 Å². The zero-order valence-corrected chi connectivity index (χ0v) is 26.0. The molecule has 0 spiro atoms. The van der Waals surface area contributed by atoms with Gasteiger partial charge in [-0.2, -0.15) is 0 Å². The first-order chi connectivity index (χ1) is 22.6. The van der Waals surface area contributed by atoms with Crippen molar-refractivity contribution in [2.24, 2.45) is 0 Å². The van der Waals surface area contributed by atoms with Crippen LogP contribution in [0.15, 0.2) is 164 Å². The van der Waals surface area contributed by atoms with Gasteiger partial charge in [0.25, 0.3) is 0 Å². The van der Waals surface area contributed by atoms with Crippen molar-refractivity contribution < 1.29 is 0 Å². The first-order valence-corrected chi connectivity index (χ1v) is 16.1. The van der Waals surface area contributed by atoms with E-state index in [0.717, 1.165) is 17.1 Å². The minimum absolute atomic E-state index is 0.0753. The summed E-state index contributed by atoms with van der Waals surface area (Å²) >= 11 is 0. The van der Waals surface area contributed by atoms with Crippen LogP contribution in [0.2, 0.25) is 0 Å². The minimum atomic E-state index is -0.0753. The fourth-order valence-electron chi connectivity index (χ4n) is 7.67.